The number of hydrogen-bond donors (Lipinski definition) is 1. The number of benzene rings is 2. The maximum Gasteiger partial charge on any atom is 0.341 e. The summed E-state index contributed by atoms with van der Waals surface area (Å²) >= 11 is 1.34. The molecule has 6 nitrogen and oxygen atoms in total. The van der Waals surface area contributed by atoms with E-state index in [0.29, 0.717) is 22.0 Å². The SMILES string of the molecule is CSc1ncccc1C(=O)O[C@H](C)C(=O)Nc1ccc(Oc2ccccc2)cc1. The van der Waals surface area contributed by atoms with E-state index in [1.807, 2.05) is 36.6 Å². The number of rotatable bonds is 7. The number of hydrogen-bond acceptors (Lipinski definition) is 6. The first kappa shape index (κ1) is 20.4. The molecule has 1 atom stereocenters. The summed E-state index contributed by atoms with van der Waals surface area (Å²) < 4.78 is 11.0. The summed E-state index contributed by atoms with van der Waals surface area (Å²) in [6, 6.07) is 19.6. The first-order valence-corrected chi connectivity index (χ1v) is 10.1. The molecule has 0 saturated heterocycles. The van der Waals surface area contributed by atoms with E-state index in [9.17, 15) is 9.59 Å². The van der Waals surface area contributed by atoms with Crippen LogP contribution in [-0.2, 0) is 9.53 Å². The van der Waals surface area contributed by atoms with E-state index in [1.54, 1.807) is 42.6 Å². The van der Waals surface area contributed by atoms with Crippen LogP contribution < -0.4 is 10.1 Å². The zero-order valence-corrected chi connectivity index (χ0v) is 16.8. The fourth-order valence-electron chi connectivity index (χ4n) is 2.46. The van der Waals surface area contributed by atoms with E-state index in [1.165, 1.54) is 18.7 Å². The number of thioether (sulfide) groups is 1. The van der Waals surface area contributed by atoms with E-state index in [0.717, 1.165) is 5.75 Å². The largest absolute Gasteiger partial charge is 0.457 e. The Morgan fingerprint density at radius 3 is 2.34 bits per heavy atom. The van der Waals surface area contributed by atoms with Gasteiger partial charge < -0.3 is 14.8 Å². The first-order chi connectivity index (χ1) is 14.1. The lowest BCUT2D eigenvalue weighted by Crippen LogP contribution is -2.30. The lowest BCUT2D eigenvalue weighted by molar-refractivity contribution is -0.123. The Bertz CT molecular complexity index is 978. The fraction of sp³-hybridized carbons (Fsp3) is 0.136. The molecule has 29 heavy (non-hydrogen) atoms. The molecule has 0 bridgehead atoms. The Hall–Kier alpha value is -3.32. The van der Waals surface area contributed by atoms with Gasteiger partial charge in [0.2, 0.25) is 0 Å². The lowest BCUT2D eigenvalue weighted by Gasteiger charge is -2.14. The standard InChI is InChI=1S/C22H20N2O4S/c1-15(27-22(26)19-9-6-14-23-21(19)29-2)20(25)24-16-10-12-18(13-11-16)28-17-7-4-3-5-8-17/h3-15H,1-2H3,(H,24,25)/t15-/m1/s1. The predicted molar refractivity (Wildman–Crippen MR) is 112 cm³/mol. The maximum atomic E-state index is 12.4. The molecular weight excluding hydrogens is 388 g/mol. The molecule has 0 saturated carbocycles. The van der Waals surface area contributed by atoms with E-state index >= 15 is 0 Å². The Balaban J connectivity index is 1.57. The Morgan fingerprint density at radius 2 is 1.66 bits per heavy atom. The summed E-state index contributed by atoms with van der Waals surface area (Å²) in [6.07, 6.45) is 2.46. The molecule has 7 heteroatoms. The number of para-hydroxylation sites is 1. The van der Waals surface area contributed by atoms with E-state index in [4.69, 9.17) is 9.47 Å². The van der Waals surface area contributed by atoms with Crippen LogP contribution in [0.1, 0.15) is 17.3 Å². The molecule has 0 aliphatic carbocycles. The molecule has 148 valence electrons. The zero-order valence-electron chi connectivity index (χ0n) is 16.0. The summed E-state index contributed by atoms with van der Waals surface area (Å²) in [5.74, 6) is 0.362. The second-order valence-corrected chi connectivity index (χ2v) is 6.83. The van der Waals surface area contributed by atoms with Crippen molar-refractivity contribution in [1.29, 1.82) is 0 Å². The minimum absolute atomic E-state index is 0.335. The average Bonchev–Trinajstić information content (AvgIpc) is 2.75. The van der Waals surface area contributed by atoms with Crippen LogP contribution in [-0.4, -0.2) is 29.2 Å². The summed E-state index contributed by atoms with van der Waals surface area (Å²) in [5, 5.41) is 3.28. The monoisotopic (exact) mass is 408 g/mol. The van der Waals surface area contributed by atoms with E-state index in [-0.39, 0.29) is 0 Å². The average molecular weight is 408 g/mol. The highest BCUT2D eigenvalue weighted by molar-refractivity contribution is 7.98. The highest BCUT2D eigenvalue weighted by Gasteiger charge is 2.21. The molecule has 0 aliphatic rings. The van der Waals surface area contributed by atoms with Crippen LogP contribution in [0.25, 0.3) is 0 Å². The van der Waals surface area contributed by atoms with Gasteiger partial charge in [-0.25, -0.2) is 9.78 Å². The minimum Gasteiger partial charge on any atom is -0.457 e. The quantitative estimate of drug-likeness (QED) is 0.448. The predicted octanol–water partition coefficient (Wildman–Crippen LogP) is 4.78. The van der Waals surface area contributed by atoms with Gasteiger partial charge >= 0.3 is 5.97 Å². The lowest BCUT2D eigenvalue weighted by atomic mass is 10.2. The van der Waals surface area contributed by atoms with Crippen molar-refractivity contribution in [2.75, 3.05) is 11.6 Å². The third-order valence-corrected chi connectivity index (χ3v) is 4.65. The van der Waals surface area contributed by atoms with Crippen molar-refractivity contribution in [2.45, 2.75) is 18.1 Å². The molecule has 0 fully saturated rings. The molecule has 0 radical (unpaired) electrons. The number of aromatic nitrogens is 1. The highest BCUT2D eigenvalue weighted by atomic mass is 32.2. The third kappa shape index (κ3) is 5.58. The number of amides is 1. The number of ether oxygens (including phenoxy) is 2. The molecule has 3 aromatic rings. The van der Waals surface area contributed by atoms with Crippen molar-refractivity contribution in [2.24, 2.45) is 0 Å². The molecule has 3 rings (SSSR count). The molecular formula is C22H20N2O4S. The van der Waals surface area contributed by atoms with Gasteiger partial charge in [-0.1, -0.05) is 18.2 Å². The van der Waals surface area contributed by atoms with Crippen LogP contribution in [0, 0.1) is 0 Å². The van der Waals surface area contributed by atoms with Gasteiger partial charge in [0.1, 0.15) is 16.5 Å². The van der Waals surface area contributed by atoms with Gasteiger partial charge in [0.15, 0.2) is 6.10 Å². The van der Waals surface area contributed by atoms with Crippen LogP contribution in [0.2, 0.25) is 0 Å². The second kappa shape index (κ2) is 9.75. The third-order valence-electron chi connectivity index (χ3n) is 3.94. The molecule has 1 amide bonds. The minimum atomic E-state index is -0.961. The van der Waals surface area contributed by atoms with Gasteiger partial charge in [-0.15, -0.1) is 11.8 Å². The molecule has 1 aromatic heterocycles. The maximum absolute atomic E-state index is 12.4. The van der Waals surface area contributed by atoms with Gasteiger partial charge in [-0.3, -0.25) is 4.79 Å². The van der Waals surface area contributed by atoms with Crippen molar-refractivity contribution in [3.05, 3.63) is 78.5 Å². The van der Waals surface area contributed by atoms with Crippen LogP contribution >= 0.6 is 11.8 Å². The van der Waals surface area contributed by atoms with Gasteiger partial charge in [-0.2, -0.15) is 0 Å². The smallest absolute Gasteiger partial charge is 0.341 e. The summed E-state index contributed by atoms with van der Waals surface area (Å²) in [7, 11) is 0. The van der Waals surface area contributed by atoms with Gasteiger partial charge in [0, 0.05) is 11.9 Å². The van der Waals surface area contributed by atoms with Gasteiger partial charge in [0.25, 0.3) is 5.91 Å². The number of pyridine rings is 1. The number of nitrogens with zero attached hydrogens (tertiary/aromatic N) is 1. The Labute approximate surface area is 173 Å². The summed E-state index contributed by atoms with van der Waals surface area (Å²) in [6.45, 7) is 1.52. The van der Waals surface area contributed by atoms with Crippen molar-refractivity contribution >= 4 is 29.3 Å². The number of nitrogens with one attached hydrogen (secondary N) is 1. The molecule has 1 heterocycles. The molecule has 0 aliphatic heterocycles. The Morgan fingerprint density at radius 1 is 0.966 bits per heavy atom. The van der Waals surface area contributed by atoms with E-state index < -0.39 is 18.0 Å². The molecule has 0 spiro atoms. The van der Waals surface area contributed by atoms with Crippen LogP contribution in [0.3, 0.4) is 0 Å². The zero-order chi connectivity index (χ0) is 20.6. The van der Waals surface area contributed by atoms with Crippen LogP contribution in [0.4, 0.5) is 5.69 Å². The van der Waals surface area contributed by atoms with E-state index in [2.05, 4.69) is 10.3 Å². The van der Waals surface area contributed by atoms with Crippen molar-refractivity contribution in [3.63, 3.8) is 0 Å². The van der Waals surface area contributed by atoms with Gasteiger partial charge in [-0.05, 0) is 61.7 Å². The number of anilines is 1. The topological polar surface area (TPSA) is 77.5 Å². The van der Waals surface area contributed by atoms with Crippen molar-refractivity contribution < 1.29 is 19.1 Å². The van der Waals surface area contributed by atoms with Gasteiger partial charge in [0.05, 0.1) is 5.56 Å². The molecule has 0 unspecified atom stereocenters. The number of carbonyl (C=O) groups excluding carboxylic acids is 2. The fourth-order valence-corrected chi connectivity index (χ4v) is 3.00. The normalized spacial score (nSPS) is 11.4. The van der Waals surface area contributed by atoms with Crippen LogP contribution in [0.5, 0.6) is 11.5 Å². The summed E-state index contributed by atoms with van der Waals surface area (Å²) in [4.78, 5) is 28.8. The highest BCUT2D eigenvalue weighted by Crippen LogP contribution is 2.23. The Kier molecular flexibility index (Phi) is 6.86. The second-order valence-electron chi connectivity index (χ2n) is 6.04. The number of carbonyl (C=O) groups is 2. The molecule has 1 N–H and O–H groups in total. The van der Waals surface area contributed by atoms with Crippen molar-refractivity contribution in [1.82, 2.24) is 4.98 Å². The molecule has 2 aromatic carbocycles. The summed E-state index contributed by atoms with van der Waals surface area (Å²) in [5.41, 5.74) is 0.909. The first-order valence-electron chi connectivity index (χ1n) is 8.90. The van der Waals surface area contributed by atoms with Crippen molar-refractivity contribution in [3.8, 4) is 11.5 Å². The van der Waals surface area contributed by atoms with Crippen LogP contribution in [0.15, 0.2) is 78.0 Å². The number of esters is 1.